The molecule has 0 aliphatic carbocycles. The van der Waals surface area contributed by atoms with Crippen LogP contribution in [-0.2, 0) is 14.3 Å². The highest BCUT2D eigenvalue weighted by Crippen LogP contribution is 2.18. The Kier molecular flexibility index (Phi) is 22.8. The summed E-state index contributed by atoms with van der Waals surface area (Å²) >= 11 is 0. The maximum Gasteiger partial charge on any atom is 0.306 e. The first kappa shape index (κ1) is 29.9. The number of carboxylic acids is 1. The minimum Gasteiger partial charge on any atom is -0.481 e. The van der Waals surface area contributed by atoms with Gasteiger partial charge >= 0.3 is 11.9 Å². The van der Waals surface area contributed by atoms with E-state index in [9.17, 15) is 9.59 Å². The van der Waals surface area contributed by atoms with Crippen molar-refractivity contribution in [3.63, 3.8) is 0 Å². The summed E-state index contributed by atoms with van der Waals surface area (Å²) in [5.74, 6) is -0.710. The fourth-order valence-electron chi connectivity index (χ4n) is 4.06. The normalized spacial score (nSPS) is 12.1. The molecule has 0 aliphatic heterocycles. The smallest absolute Gasteiger partial charge is 0.306 e. The van der Waals surface area contributed by atoms with Crippen LogP contribution in [0.1, 0.15) is 155 Å². The molecule has 0 aliphatic rings. The van der Waals surface area contributed by atoms with Crippen molar-refractivity contribution in [1.29, 1.82) is 0 Å². The van der Waals surface area contributed by atoms with Crippen LogP contribution in [-0.4, -0.2) is 23.1 Å². The average Bonchev–Trinajstić information content (AvgIpc) is 2.74. The molecule has 0 bridgehead atoms. The zero-order chi connectivity index (χ0) is 23.0. The summed E-state index contributed by atoms with van der Waals surface area (Å²) in [6.07, 6.45) is 23.9. The van der Waals surface area contributed by atoms with Crippen LogP contribution in [0.4, 0.5) is 0 Å². The summed E-state index contributed by atoms with van der Waals surface area (Å²) in [7, 11) is 0. The minimum absolute atomic E-state index is 0.00833. The number of unbranched alkanes of at least 4 members (excludes halogenated alkanes) is 15. The van der Waals surface area contributed by atoms with Crippen LogP contribution >= 0.6 is 0 Å². The molecular formula is C27H52O4. The zero-order valence-electron chi connectivity index (χ0n) is 20.8. The second-order valence-corrected chi connectivity index (χ2v) is 9.24. The van der Waals surface area contributed by atoms with Crippen LogP contribution in [0.5, 0.6) is 0 Å². The molecular weight excluding hydrogens is 388 g/mol. The van der Waals surface area contributed by atoms with E-state index in [2.05, 4.69) is 13.8 Å². The maximum atomic E-state index is 12.3. The summed E-state index contributed by atoms with van der Waals surface area (Å²) < 4.78 is 5.87. The first-order valence-electron chi connectivity index (χ1n) is 13.5. The Morgan fingerprint density at radius 2 is 0.968 bits per heavy atom. The van der Waals surface area contributed by atoms with E-state index in [1.807, 2.05) is 0 Å². The molecule has 1 unspecified atom stereocenters. The molecule has 4 nitrogen and oxygen atoms in total. The Labute approximate surface area is 192 Å². The Bertz CT molecular complexity index is 408. The van der Waals surface area contributed by atoms with Crippen molar-refractivity contribution in [1.82, 2.24) is 0 Å². The molecule has 4 heteroatoms. The SMILES string of the molecule is CCCCCCCCCC(=O)OC(CCCCCCCC)CCCCCCCC(=O)O. The molecule has 31 heavy (non-hydrogen) atoms. The second kappa shape index (κ2) is 23.6. The molecule has 1 N–H and O–H groups in total. The minimum atomic E-state index is -0.702. The van der Waals surface area contributed by atoms with Crippen LogP contribution in [0, 0.1) is 0 Å². The third-order valence-electron chi connectivity index (χ3n) is 6.08. The summed E-state index contributed by atoms with van der Waals surface area (Å²) in [5, 5.41) is 8.70. The molecule has 0 aromatic rings. The molecule has 184 valence electrons. The summed E-state index contributed by atoms with van der Waals surface area (Å²) in [6, 6.07) is 0. The van der Waals surface area contributed by atoms with Gasteiger partial charge in [0.2, 0.25) is 0 Å². The molecule has 0 aromatic heterocycles. The molecule has 0 rings (SSSR count). The molecule has 0 fully saturated rings. The van der Waals surface area contributed by atoms with E-state index < -0.39 is 5.97 Å². The lowest BCUT2D eigenvalue weighted by Gasteiger charge is -2.18. The molecule has 0 aromatic carbocycles. The van der Waals surface area contributed by atoms with Crippen molar-refractivity contribution in [2.45, 2.75) is 161 Å². The van der Waals surface area contributed by atoms with Crippen molar-refractivity contribution < 1.29 is 19.4 Å². The Morgan fingerprint density at radius 3 is 1.42 bits per heavy atom. The lowest BCUT2D eigenvalue weighted by atomic mass is 10.0. The summed E-state index contributed by atoms with van der Waals surface area (Å²) in [4.78, 5) is 22.9. The quantitative estimate of drug-likeness (QED) is 0.120. The van der Waals surface area contributed by atoms with Gasteiger partial charge in [0.25, 0.3) is 0 Å². The molecule has 0 amide bonds. The van der Waals surface area contributed by atoms with Gasteiger partial charge in [-0.2, -0.15) is 0 Å². The van der Waals surface area contributed by atoms with Gasteiger partial charge in [-0.25, -0.2) is 0 Å². The lowest BCUT2D eigenvalue weighted by Crippen LogP contribution is -2.18. The van der Waals surface area contributed by atoms with E-state index in [-0.39, 0.29) is 18.5 Å². The number of carbonyl (C=O) groups excluding carboxylic acids is 1. The van der Waals surface area contributed by atoms with Crippen molar-refractivity contribution in [2.75, 3.05) is 0 Å². The lowest BCUT2D eigenvalue weighted by molar-refractivity contribution is -0.150. The van der Waals surface area contributed by atoms with Gasteiger partial charge in [0.05, 0.1) is 0 Å². The van der Waals surface area contributed by atoms with E-state index in [1.165, 1.54) is 64.2 Å². The van der Waals surface area contributed by atoms with Gasteiger partial charge < -0.3 is 9.84 Å². The van der Waals surface area contributed by atoms with Crippen molar-refractivity contribution >= 4 is 11.9 Å². The largest absolute Gasteiger partial charge is 0.481 e. The predicted octanol–water partition coefficient (Wildman–Crippen LogP) is 8.60. The van der Waals surface area contributed by atoms with Gasteiger partial charge in [0.1, 0.15) is 6.10 Å². The number of carboxylic acid groups (broad SMARTS) is 1. The van der Waals surface area contributed by atoms with Crippen LogP contribution in [0.15, 0.2) is 0 Å². The second-order valence-electron chi connectivity index (χ2n) is 9.24. The van der Waals surface area contributed by atoms with Crippen molar-refractivity contribution in [3.8, 4) is 0 Å². The fourth-order valence-corrected chi connectivity index (χ4v) is 4.06. The Morgan fingerprint density at radius 1 is 0.581 bits per heavy atom. The first-order valence-corrected chi connectivity index (χ1v) is 13.5. The van der Waals surface area contributed by atoms with E-state index in [1.54, 1.807) is 0 Å². The number of esters is 1. The highest BCUT2D eigenvalue weighted by atomic mass is 16.5. The van der Waals surface area contributed by atoms with E-state index in [0.29, 0.717) is 6.42 Å². The zero-order valence-corrected chi connectivity index (χ0v) is 20.8. The average molecular weight is 441 g/mol. The predicted molar refractivity (Wildman–Crippen MR) is 130 cm³/mol. The number of hydrogen-bond donors (Lipinski definition) is 1. The number of carbonyl (C=O) groups is 2. The molecule has 0 spiro atoms. The fraction of sp³-hybridized carbons (Fsp3) is 0.926. The van der Waals surface area contributed by atoms with E-state index in [4.69, 9.17) is 9.84 Å². The Balaban J connectivity index is 4.03. The third kappa shape index (κ3) is 23.4. The van der Waals surface area contributed by atoms with Gasteiger partial charge in [0.15, 0.2) is 0 Å². The monoisotopic (exact) mass is 440 g/mol. The molecule has 0 radical (unpaired) electrons. The van der Waals surface area contributed by atoms with Gasteiger partial charge in [-0.1, -0.05) is 104 Å². The molecule has 0 saturated carbocycles. The van der Waals surface area contributed by atoms with Crippen molar-refractivity contribution in [3.05, 3.63) is 0 Å². The number of aliphatic carboxylic acids is 1. The van der Waals surface area contributed by atoms with E-state index >= 15 is 0 Å². The summed E-state index contributed by atoms with van der Waals surface area (Å²) in [6.45, 7) is 4.47. The number of rotatable bonds is 24. The standard InChI is InChI=1S/C27H52O4/c1-3-5-7-9-11-16-20-24-27(30)31-25(21-17-13-10-8-6-4-2)22-18-14-12-15-19-23-26(28)29/h25H,3-24H2,1-2H3,(H,28,29). The van der Waals surface area contributed by atoms with Crippen LogP contribution in [0.3, 0.4) is 0 Å². The maximum absolute atomic E-state index is 12.3. The summed E-state index contributed by atoms with van der Waals surface area (Å²) in [5.41, 5.74) is 0. The van der Waals surface area contributed by atoms with Crippen LogP contribution in [0.25, 0.3) is 0 Å². The molecule has 1 atom stereocenters. The van der Waals surface area contributed by atoms with E-state index in [0.717, 1.165) is 64.2 Å². The first-order chi connectivity index (χ1) is 15.1. The number of ether oxygens (including phenoxy) is 1. The molecule has 0 saturated heterocycles. The van der Waals surface area contributed by atoms with Gasteiger partial charge in [-0.05, 0) is 38.5 Å². The number of hydrogen-bond acceptors (Lipinski definition) is 3. The Hall–Kier alpha value is -1.06. The third-order valence-corrected chi connectivity index (χ3v) is 6.08. The van der Waals surface area contributed by atoms with Gasteiger partial charge in [0, 0.05) is 12.8 Å². The highest BCUT2D eigenvalue weighted by molar-refractivity contribution is 5.69. The molecule has 0 heterocycles. The highest BCUT2D eigenvalue weighted by Gasteiger charge is 2.14. The van der Waals surface area contributed by atoms with Crippen LogP contribution in [0.2, 0.25) is 0 Å². The van der Waals surface area contributed by atoms with Gasteiger partial charge in [-0.15, -0.1) is 0 Å². The van der Waals surface area contributed by atoms with Gasteiger partial charge in [-0.3, -0.25) is 9.59 Å². The van der Waals surface area contributed by atoms with Crippen LogP contribution < -0.4 is 0 Å². The van der Waals surface area contributed by atoms with Crippen molar-refractivity contribution in [2.24, 2.45) is 0 Å². The topological polar surface area (TPSA) is 63.6 Å².